The molecule has 2 aromatic carbocycles. The number of hydrogen-bond donors (Lipinski definition) is 1. The summed E-state index contributed by atoms with van der Waals surface area (Å²) in [6, 6.07) is 14.6. The van der Waals surface area contributed by atoms with E-state index in [1.54, 1.807) is 19.2 Å². The molecule has 0 bridgehead atoms. The van der Waals surface area contributed by atoms with Crippen molar-refractivity contribution in [3.05, 3.63) is 83.3 Å². The van der Waals surface area contributed by atoms with Gasteiger partial charge < -0.3 is 19.1 Å². The van der Waals surface area contributed by atoms with Gasteiger partial charge in [-0.1, -0.05) is 22.4 Å². The van der Waals surface area contributed by atoms with Gasteiger partial charge in [0.25, 0.3) is 11.8 Å². The summed E-state index contributed by atoms with van der Waals surface area (Å²) in [6.07, 6.45) is 0.198. The maximum atomic E-state index is 13.0. The van der Waals surface area contributed by atoms with Crippen LogP contribution in [0.1, 0.15) is 27.6 Å². The molecule has 0 saturated carbocycles. The molecule has 152 valence electrons. The first-order valence-corrected chi connectivity index (χ1v) is 9.06. The van der Waals surface area contributed by atoms with Crippen LogP contribution in [0.25, 0.3) is 11.5 Å². The summed E-state index contributed by atoms with van der Waals surface area (Å²) in [7, 11) is 1.59. The van der Waals surface area contributed by atoms with Gasteiger partial charge in [0.15, 0.2) is 11.5 Å². The number of rotatable bonds is 7. The Morgan fingerprint density at radius 2 is 1.83 bits per heavy atom. The number of methoxy groups -OCH3 is 1. The molecule has 1 N–H and O–H groups in total. The third-order valence-electron chi connectivity index (χ3n) is 4.30. The number of nitrogens with one attached hydrogen (secondary N) is 1. The van der Waals surface area contributed by atoms with Crippen molar-refractivity contribution in [2.75, 3.05) is 7.11 Å². The summed E-state index contributed by atoms with van der Waals surface area (Å²) in [6.45, 7) is 0.344. The van der Waals surface area contributed by atoms with Gasteiger partial charge in [0, 0.05) is 18.2 Å². The maximum absolute atomic E-state index is 13.0. The predicted octanol–water partition coefficient (Wildman–Crippen LogP) is 3.39. The average molecular weight is 408 g/mol. The molecule has 8 nitrogen and oxygen atoms in total. The normalized spacial score (nSPS) is 10.7. The molecule has 2 aromatic heterocycles. The Kier molecular flexibility index (Phi) is 5.51. The topological polar surface area (TPSA) is 103 Å². The molecule has 0 fully saturated rings. The van der Waals surface area contributed by atoms with Crippen molar-refractivity contribution in [2.45, 2.75) is 13.0 Å². The second kappa shape index (κ2) is 8.56. The van der Waals surface area contributed by atoms with Crippen molar-refractivity contribution in [3.63, 3.8) is 0 Å². The fourth-order valence-corrected chi connectivity index (χ4v) is 2.71. The van der Waals surface area contributed by atoms with Gasteiger partial charge in [-0.3, -0.25) is 4.79 Å². The van der Waals surface area contributed by atoms with E-state index >= 15 is 0 Å². The number of ether oxygens (including phenoxy) is 1. The minimum atomic E-state index is -0.360. The number of halogens is 1. The van der Waals surface area contributed by atoms with Crippen molar-refractivity contribution >= 4 is 5.91 Å². The van der Waals surface area contributed by atoms with Gasteiger partial charge in [-0.05, 0) is 42.0 Å². The lowest BCUT2D eigenvalue weighted by atomic mass is 10.2. The van der Waals surface area contributed by atoms with Crippen LogP contribution in [0.2, 0.25) is 0 Å². The Labute approximate surface area is 170 Å². The molecule has 4 aromatic rings. The van der Waals surface area contributed by atoms with Gasteiger partial charge in [-0.2, -0.15) is 4.98 Å². The molecule has 0 spiro atoms. The summed E-state index contributed by atoms with van der Waals surface area (Å²) < 4.78 is 28.5. The van der Waals surface area contributed by atoms with E-state index in [9.17, 15) is 9.18 Å². The summed E-state index contributed by atoms with van der Waals surface area (Å²) in [5.41, 5.74) is 1.68. The molecule has 0 aliphatic rings. The van der Waals surface area contributed by atoms with E-state index in [2.05, 4.69) is 20.6 Å². The number of nitrogens with zero attached hydrogens (tertiary/aromatic N) is 3. The molecule has 0 unspecified atom stereocenters. The highest BCUT2D eigenvalue weighted by Crippen LogP contribution is 2.19. The van der Waals surface area contributed by atoms with Gasteiger partial charge in [-0.25, -0.2) is 4.39 Å². The molecular formula is C21H17FN4O4. The second-order valence-corrected chi connectivity index (χ2v) is 6.41. The zero-order valence-corrected chi connectivity index (χ0v) is 16.0. The molecule has 0 atom stereocenters. The van der Waals surface area contributed by atoms with Gasteiger partial charge in [0.2, 0.25) is 0 Å². The molecule has 2 heterocycles. The Hall–Kier alpha value is -4.01. The molecule has 0 aliphatic carbocycles. The minimum Gasteiger partial charge on any atom is -0.497 e. The zero-order chi connectivity index (χ0) is 20.9. The summed E-state index contributed by atoms with van der Waals surface area (Å²) >= 11 is 0. The number of carbonyl (C=O) groups excluding carboxylic acids is 1. The fraction of sp³-hybridized carbons (Fsp3) is 0.143. The lowest BCUT2D eigenvalue weighted by molar-refractivity contribution is 0.0941. The SMILES string of the molecule is COc1ccc(CNC(=O)c2cc(Cc3noc(-c4ccc(F)cc4)n3)on2)cc1. The number of amides is 1. The van der Waals surface area contributed by atoms with Crippen molar-refractivity contribution in [1.29, 1.82) is 0 Å². The van der Waals surface area contributed by atoms with Crippen LogP contribution in [0.15, 0.2) is 63.6 Å². The van der Waals surface area contributed by atoms with Crippen LogP contribution >= 0.6 is 0 Å². The standard InChI is InChI=1S/C21H17FN4O4/c1-28-16-8-2-13(3-9-16)12-23-20(27)18-10-17(29-25-18)11-19-24-21(30-26-19)14-4-6-15(22)7-5-14/h2-10H,11-12H2,1H3,(H,23,27). The van der Waals surface area contributed by atoms with E-state index in [0.29, 0.717) is 23.7 Å². The molecule has 0 radical (unpaired) electrons. The van der Waals surface area contributed by atoms with Gasteiger partial charge in [0.1, 0.15) is 17.3 Å². The molecule has 0 saturated heterocycles. The van der Waals surface area contributed by atoms with E-state index in [1.807, 2.05) is 24.3 Å². The quantitative estimate of drug-likeness (QED) is 0.500. The van der Waals surface area contributed by atoms with Crippen LogP contribution in [0, 0.1) is 5.82 Å². The van der Waals surface area contributed by atoms with Crippen LogP contribution in [-0.4, -0.2) is 28.3 Å². The van der Waals surface area contributed by atoms with E-state index in [0.717, 1.165) is 11.3 Å². The zero-order valence-electron chi connectivity index (χ0n) is 16.0. The van der Waals surface area contributed by atoms with Crippen molar-refractivity contribution < 1.29 is 23.0 Å². The van der Waals surface area contributed by atoms with Crippen molar-refractivity contribution in [1.82, 2.24) is 20.6 Å². The lowest BCUT2D eigenvalue weighted by Gasteiger charge is -2.04. The Morgan fingerprint density at radius 3 is 2.57 bits per heavy atom. The van der Waals surface area contributed by atoms with Gasteiger partial charge >= 0.3 is 0 Å². The van der Waals surface area contributed by atoms with Crippen LogP contribution in [0.5, 0.6) is 5.75 Å². The first kappa shape index (κ1) is 19.3. The maximum Gasteiger partial charge on any atom is 0.273 e. The summed E-state index contributed by atoms with van der Waals surface area (Å²) in [5, 5.41) is 10.4. The Bertz CT molecular complexity index is 1140. The highest BCUT2D eigenvalue weighted by Gasteiger charge is 2.16. The number of benzene rings is 2. The fourth-order valence-electron chi connectivity index (χ4n) is 2.71. The molecule has 30 heavy (non-hydrogen) atoms. The van der Waals surface area contributed by atoms with Gasteiger partial charge in [-0.15, -0.1) is 0 Å². The molecule has 0 aliphatic heterocycles. The predicted molar refractivity (Wildman–Crippen MR) is 103 cm³/mol. The van der Waals surface area contributed by atoms with E-state index in [1.165, 1.54) is 18.2 Å². The highest BCUT2D eigenvalue weighted by molar-refractivity contribution is 5.92. The molecule has 1 amide bonds. The third kappa shape index (κ3) is 4.52. The second-order valence-electron chi connectivity index (χ2n) is 6.41. The van der Waals surface area contributed by atoms with E-state index in [4.69, 9.17) is 13.8 Å². The molecular weight excluding hydrogens is 391 g/mol. The minimum absolute atomic E-state index is 0.153. The summed E-state index contributed by atoms with van der Waals surface area (Å²) in [5.74, 6) is 1.07. The van der Waals surface area contributed by atoms with Crippen LogP contribution < -0.4 is 10.1 Å². The van der Waals surface area contributed by atoms with Crippen LogP contribution in [-0.2, 0) is 13.0 Å². The van der Waals surface area contributed by atoms with E-state index in [-0.39, 0.29) is 29.7 Å². The highest BCUT2D eigenvalue weighted by atomic mass is 19.1. The summed E-state index contributed by atoms with van der Waals surface area (Å²) in [4.78, 5) is 16.5. The smallest absolute Gasteiger partial charge is 0.273 e. The van der Waals surface area contributed by atoms with Gasteiger partial charge in [0.05, 0.1) is 13.5 Å². The first-order valence-electron chi connectivity index (χ1n) is 9.06. The first-order chi connectivity index (χ1) is 14.6. The number of aromatic nitrogens is 3. The van der Waals surface area contributed by atoms with Crippen molar-refractivity contribution in [3.8, 4) is 17.2 Å². The van der Waals surface area contributed by atoms with Crippen molar-refractivity contribution in [2.24, 2.45) is 0 Å². The Balaban J connectivity index is 1.35. The van der Waals surface area contributed by atoms with E-state index < -0.39 is 0 Å². The lowest BCUT2D eigenvalue weighted by Crippen LogP contribution is -2.23. The number of hydrogen-bond acceptors (Lipinski definition) is 7. The number of carbonyl (C=O) groups is 1. The monoisotopic (exact) mass is 408 g/mol. The molecule has 9 heteroatoms. The third-order valence-corrected chi connectivity index (χ3v) is 4.30. The van der Waals surface area contributed by atoms with Crippen LogP contribution in [0.3, 0.4) is 0 Å². The molecule has 4 rings (SSSR count). The van der Waals surface area contributed by atoms with Crippen LogP contribution in [0.4, 0.5) is 4.39 Å². The largest absolute Gasteiger partial charge is 0.497 e. The average Bonchev–Trinajstić information content (AvgIpc) is 3.43. The Morgan fingerprint density at radius 1 is 1.07 bits per heavy atom.